The molecule has 1 aromatic heterocycles. The fraction of sp³-hybridized carbons (Fsp3) is 0.238. The van der Waals surface area contributed by atoms with Gasteiger partial charge in [0.1, 0.15) is 0 Å². The number of hydrogen-bond acceptors (Lipinski definition) is 3. The lowest BCUT2D eigenvalue weighted by Crippen LogP contribution is -2.10. The van der Waals surface area contributed by atoms with Crippen LogP contribution in [0.5, 0.6) is 0 Å². The van der Waals surface area contributed by atoms with E-state index in [4.69, 9.17) is 0 Å². The third-order valence-electron chi connectivity index (χ3n) is 4.27. The molecule has 6 heteroatoms. The SMILES string of the molecule is CNc1ncc(CC2=CCC=CC(C(F)(F)F)=C2)c(Cc2ccccc2)n1. The Bertz CT molecular complexity index is 881. The third-order valence-corrected chi connectivity index (χ3v) is 4.27. The summed E-state index contributed by atoms with van der Waals surface area (Å²) in [7, 11) is 1.74. The number of nitrogens with zero attached hydrogens (tertiary/aromatic N) is 2. The smallest absolute Gasteiger partial charge is 0.357 e. The molecule has 1 aliphatic rings. The van der Waals surface area contributed by atoms with Crippen LogP contribution in [0.15, 0.2) is 72.0 Å². The minimum atomic E-state index is -4.36. The highest BCUT2D eigenvalue weighted by Gasteiger charge is 2.32. The number of allylic oxidation sites excluding steroid dienone is 6. The van der Waals surface area contributed by atoms with Crippen molar-refractivity contribution in [1.82, 2.24) is 9.97 Å². The van der Waals surface area contributed by atoms with E-state index in [1.165, 1.54) is 12.2 Å². The van der Waals surface area contributed by atoms with E-state index in [9.17, 15) is 13.2 Å². The number of halogens is 3. The van der Waals surface area contributed by atoms with Crippen molar-refractivity contribution >= 4 is 5.95 Å². The molecule has 1 aromatic carbocycles. The van der Waals surface area contributed by atoms with Gasteiger partial charge in [-0.1, -0.05) is 48.6 Å². The van der Waals surface area contributed by atoms with Gasteiger partial charge in [-0.05, 0) is 29.2 Å². The Kier molecular flexibility index (Phi) is 5.74. The van der Waals surface area contributed by atoms with Crippen molar-refractivity contribution in [2.75, 3.05) is 12.4 Å². The first-order valence-electron chi connectivity index (χ1n) is 8.66. The molecule has 0 spiro atoms. The zero-order valence-electron chi connectivity index (χ0n) is 14.9. The molecule has 27 heavy (non-hydrogen) atoms. The van der Waals surface area contributed by atoms with Crippen molar-refractivity contribution < 1.29 is 13.2 Å². The van der Waals surface area contributed by atoms with Gasteiger partial charge in [0.15, 0.2) is 0 Å². The van der Waals surface area contributed by atoms with E-state index < -0.39 is 11.7 Å². The quantitative estimate of drug-likeness (QED) is 0.801. The van der Waals surface area contributed by atoms with Crippen LogP contribution in [0.1, 0.15) is 23.2 Å². The van der Waals surface area contributed by atoms with E-state index in [-0.39, 0.29) is 0 Å². The number of hydrogen-bond donors (Lipinski definition) is 1. The first-order valence-corrected chi connectivity index (χ1v) is 8.66. The summed E-state index contributed by atoms with van der Waals surface area (Å²) >= 11 is 0. The molecule has 1 N–H and O–H groups in total. The van der Waals surface area contributed by atoms with E-state index in [0.29, 0.717) is 30.8 Å². The van der Waals surface area contributed by atoms with Crippen LogP contribution in [0.3, 0.4) is 0 Å². The highest BCUT2D eigenvalue weighted by Crippen LogP contribution is 2.30. The molecule has 1 heterocycles. The van der Waals surface area contributed by atoms with Gasteiger partial charge in [-0.25, -0.2) is 9.97 Å². The summed E-state index contributed by atoms with van der Waals surface area (Å²) < 4.78 is 39.4. The molecule has 0 fully saturated rings. The summed E-state index contributed by atoms with van der Waals surface area (Å²) in [6.45, 7) is 0. The van der Waals surface area contributed by atoms with Crippen LogP contribution >= 0.6 is 0 Å². The van der Waals surface area contributed by atoms with Gasteiger partial charge < -0.3 is 5.32 Å². The first kappa shape index (κ1) is 18.9. The van der Waals surface area contributed by atoms with Gasteiger partial charge in [0.2, 0.25) is 5.95 Å². The maximum Gasteiger partial charge on any atom is 0.416 e. The zero-order chi connectivity index (χ0) is 19.3. The summed E-state index contributed by atoms with van der Waals surface area (Å²) in [6, 6.07) is 9.85. The van der Waals surface area contributed by atoms with Gasteiger partial charge in [-0.15, -0.1) is 0 Å². The molecule has 1 aliphatic carbocycles. The summed E-state index contributed by atoms with van der Waals surface area (Å²) in [4.78, 5) is 8.78. The third kappa shape index (κ3) is 5.06. The molecule has 3 rings (SSSR count). The molecule has 0 aliphatic heterocycles. The molecule has 140 valence electrons. The predicted octanol–water partition coefficient (Wildman–Crippen LogP) is 5.03. The van der Waals surface area contributed by atoms with Gasteiger partial charge in [0, 0.05) is 26.1 Å². The van der Waals surface area contributed by atoms with Gasteiger partial charge >= 0.3 is 6.18 Å². The maximum atomic E-state index is 13.1. The average molecular weight is 371 g/mol. The molecule has 0 saturated carbocycles. The molecular weight excluding hydrogens is 351 g/mol. The normalized spacial score (nSPS) is 14.4. The molecule has 2 aromatic rings. The van der Waals surface area contributed by atoms with E-state index in [2.05, 4.69) is 15.3 Å². The van der Waals surface area contributed by atoms with Crippen molar-refractivity contribution in [2.24, 2.45) is 0 Å². The van der Waals surface area contributed by atoms with Crippen LogP contribution in [0.4, 0.5) is 19.1 Å². The number of nitrogens with one attached hydrogen (secondary N) is 1. The summed E-state index contributed by atoms with van der Waals surface area (Å²) in [5.74, 6) is 0.493. The molecule has 0 unspecified atom stereocenters. The average Bonchev–Trinajstić information content (AvgIpc) is 2.89. The first-order chi connectivity index (χ1) is 13.0. The van der Waals surface area contributed by atoms with Gasteiger partial charge in [-0.3, -0.25) is 0 Å². The van der Waals surface area contributed by atoms with Crippen molar-refractivity contribution in [2.45, 2.75) is 25.4 Å². The van der Waals surface area contributed by atoms with Crippen LogP contribution in [0.25, 0.3) is 0 Å². The second-order valence-electron chi connectivity index (χ2n) is 6.27. The van der Waals surface area contributed by atoms with Crippen LogP contribution in [0, 0.1) is 0 Å². The van der Waals surface area contributed by atoms with Crippen molar-refractivity contribution in [3.63, 3.8) is 0 Å². The van der Waals surface area contributed by atoms with Crippen LogP contribution < -0.4 is 5.32 Å². The highest BCUT2D eigenvalue weighted by molar-refractivity contribution is 5.41. The monoisotopic (exact) mass is 371 g/mol. The second kappa shape index (κ2) is 8.20. The lowest BCUT2D eigenvalue weighted by molar-refractivity contribution is -0.0882. The number of benzene rings is 1. The highest BCUT2D eigenvalue weighted by atomic mass is 19.4. The minimum absolute atomic E-state index is 0.355. The molecule has 0 amide bonds. The molecule has 0 saturated heterocycles. The Hall–Kier alpha value is -2.89. The molecule has 0 atom stereocenters. The summed E-state index contributed by atoms with van der Waals surface area (Å²) in [5.41, 5.74) is 2.69. The van der Waals surface area contributed by atoms with Crippen LogP contribution in [0.2, 0.25) is 0 Å². The van der Waals surface area contributed by atoms with Crippen LogP contribution in [-0.4, -0.2) is 23.2 Å². The van der Waals surface area contributed by atoms with Crippen molar-refractivity contribution in [3.8, 4) is 0 Å². The number of rotatable bonds is 5. The standard InChI is InChI=1S/C21H20F3N3/c1-25-20-26-14-17(19(27-20)13-15-7-3-2-4-8-15)11-16-9-5-6-10-18(12-16)21(22,23)24/h2-4,6-10,12,14H,5,11,13H2,1H3,(H,25,26,27). The topological polar surface area (TPSA) is 37.8 Å². The Morgan fingerprint density at radius 2 is 1.89 bits per heavy atom. The number of anilines is 1. The molecular formula is C21H20F3N3. The fourth-order valence-electron chi connectivity index (χ4n) is 2.89. The second-order valence-corrected chi connectivity index (χ2v) is 6.27. The van der Waals surface area contributed by atoms with Crippen molar-refractivity contribution in [3.05, 3.63) is 88.8 Å². The zero-order valence-corrected chi connectivity index (χ0v) is 14.9. The Balaban J connectivity index is 1.91. The largest absolute Gasteiger partial charge is 0.416 e. The number of aromatic nitrogens is 2. The molecule has 3 nitrogen and oxygen atoms in total. The molecule has 0 radical (unpaired) electrons. The van der Waals surface area contributed by atoms with E-state index in [0.717, 1.165) is 22.9 Å². The Morgan fingerprint density at radius 1 is 1.11 bits per heavy atom. The number of alkyl halides is 3. The Labute approximate surface area is 156 Å². The summed E-state index contributed by atoms with van der Waals surface area (Å²) in [5, 5.41) is 2.91. The lowest BCUT2D eigenvalue weighted by Gasteiger charge is -2.12. The molecule has 0 bridgehead atoms. The van der Waals surface area contributed by atoms with E-state index >= 15 is 0 Å². The van der Waals surface area contributed by atoms with Gasteiger partial charge in [0.25, 0.3) is 0 Å². The van der Waals surface area contributed by atoms with E-state index in [1.54, 1.807) is 13.2 Å². The van der Waals surface area contributed by atoms with Crippen molar-refractivity contribution in [1.29, 1.82) is 0 Å². The van der Waals surface area contributed by atoms with E-state index in [1.807, 2.05) is 36.4 Å². The van der Waals surface area contributed by atoms with Crippen LogP contribution in [-0.2, 0) is 12.8 Å². The summed E-state index contributed by atoms with van der Waals surface area (Å²) in [6.07, 6.45) is 4.43. The fourth-order valence-corrected chi connectivity index (χ4v) is 2.89. The lowest BCUT2D eigenvalue weighted by atomic mass is 9.99. The minimum Gasteiger partial charge on any atom is -0.357 e. The van der Waals surface area contributed by atoms with Gasteiger partial charge in [0.05, 0.1) is 11.3 Å². The Morgan fingerprint density at radius 3 is 2.59 bits per heavy atom. The maximum absolute atomic E-state index is 13.1. The predicted molar refractivity (Wildman–Crippen MR) is 101 cm³/mol. The van der Waals surface area contributed by atoms with Gasteiger partial charge in [-0.2, -0.15) is 13.2 Å².